The third-order valence-corrected chi connectivity index (χ3v) is 1.29. The van der Waals surface area contributed by atoms with Crippen LogP contribution in [-0.2, 0) is 9.59 Å². The summed E-state index contributed by atoms with van der Waals surface area (Å²) in [5.74, 6) is -0.213. The molecule has 0 aliphatic heterocycles. The fourth-order valence-corrected chi connectivity index (χ4v) is 0.752. The van der Waals surface area contributed by atoms with Gasteiger partial charge in [0.2, 0.25) is 0 Å². The molecule has 3 heteroatoms. The van der Waals surface area contributed by atoms with Crippen LogP contribution in [0.4, 0.5) is 0 Å². The van der Waals surface area contributed by atoms with Gasteiger partial charge in [0.05, 0.1) is 0 Å². The summed E-state index contributed by atoms with van der Waals surface area (Å²) < 4.78 is 0. The van der Waals surface area contributed by atoms with Crippen LogP contribution < -0.4 is 0 Å². The third-order valence-electron chi connectivity index (χ3n) is 1.29. The Balaban J connectivity index is 2.89. The quantitative estimate of drug-likeness (QED) is 0.381. The lowest BCUT2D eigenvalue weighted by molar-refractivity contribution is -0.114. The molecule has 0 aromatic rings. The molecule has 1 aliphatic rings. The normalized spacial score (nSPS) is 17.1. The van der Waals surface area contributed by atoms with Crippen LogP contribution in [0.15, 0.2) is 23.7 Å². The van der Waals surface area contributed by atoms with E-state index < -0.39 is 0 Å². The van der Waals surface area contributed by atoms with Crippen molar-refractivity contribution in [2.24, 2.45) is 0 Å². The molecule has 2 nitrogen and oxygen atoms in total. The van der Waals surface area contributed by atoms with Crippen LogP contribution in [0.5, 0.6) is 0 Å². The molecule has 1 radical (unpaired) electrons. The molecule has 0 saturated heterocycles. The molecule has 1 rings (SSSR count). The van der Waals surface area contributed by atoms with E-state index in [2.05, 4.69) is 0 Å². The smallest absolute Gasteiger partial charge is 0.178 e. The monoisotopic (exact) mass is 133 g/mol. The van der Waals surface area contributed by atoms with Crippen LogP contribution in [-0.4, -0.2) is 18.8 Å². The van der Waals surface area contributed by atoms with Crippen molar-refractivity contribution in [1.29, 1.82) is 0 Å². The van der Waals surface area contributed by atoms with Crippen molar-refractivity contribution in [3.8, 4) is 0 Å². The van der Waals surface area contributed by atoms with Gasteiger partial charge < -0.3 is 0 Å². The predicted molar refractivity (Wildman–Crippen MR) is 38.9 cm³/mol. The molecule has 0 amide bonds. The lowest BCUT2D eigenvalue weighted by atomic mass is 9.69. The van der Waals surface area contributed by atoms with Gasteiger partial charge in [-0.15, -0.1) is 0 Å². The number of carbonyl (C=O) groups is 2. The van der Waals surface area contributed by atoms with Gasteiger partial charge in [0, 0.05) is 0 Å². The van der Waals surface area contributed by atoms with E-state index >= 15 is 0 Å². The van der Waals surface area contributed by atoms with Crippen molar-refractivity contribution in [3.05, 3.63) is 23.7 Å². The second-order valence-corrected chi connectivity index (χ2v) is 1.99. The van der Waals surface area contributed by atoms with Crippen molar-refractivity contribution >= 4 is 18.8 Å². The number of allylic oxidation sites excluding steroid dienone is 4. The van der Waals surface area contributed by atoms with Crippen LogP contribution >= 0.6 is 0 Å². The lowest BCUT2D eigenvalue weighted by Gasteiger charge is -2.00. The molecule has 0 atom stereocenters. The second-order valence-electron chi connectivity index (χ2n) is 1.99. The Labute approximate surface area is 59.9 Å². The van der Waals surface area contributed by atoms with Crippen molar-refractivity contribution in [3.63, 3.8) is 0 Å². The Hall–Kier alpha value is -1.12. The standard InChI is InChI=1S/C7H6BO2/c1-8-6-4-5(9)2-3-7(6)10/h2-4H,1H3. The molecule has 0 N–H and O–H groups in total. The number of hydrogen-bond acceptors (Lipinski definition) is 2. The molecule has 49 valence electrons. The van der Waals surface area contributed by atoms with Gasteiger partial charge in [0.15, 0.2) is 18.8 Å². The first kappa shape index (κ1) is 7.00. The zero-order valence-electron chi connectivity index (χ0n) is 5.63. The molecular weight excluding hydrogens is 127 g/mol. The molecule has 10 heavy (non-hydrogen) atoms. The summed E-state index contributed by atoms with van der Waals surface area (Å²) in [6.07, 6.45) is 3.90. The topological polar surface area (TPSA) is 34.1 Å². The summed E-state index contributed by atoms with van der Waals surface area (Å²) >= 11 is 0. The average molecular weight is 133 g/mol. The van der Waals surface area contributed by atoms with Gasteiger partial charge in [-0.2, -0.15) is 0 Å². The van der Waals surface area contributed by atoms with E-state index in [4.69, 9.17) is 0 Å². The van der Waals surface area contributed by atoms with Crippen LogP contribution in [0.25, 0.3) is 0 Å². The molecule has 0 saturated carbocycles. The zero-order valence-corrected chi connectivity index (χ0v) is 5.63. The molecule has 0 bridgehead atoms. The first-order valence-electron chi connectivity index (χ1n) is 3.01. The third kappa shape index (κ3) is 1.24. The summed E-state index contributed by atoms with van der Waals surface area (Å²) in [5.41, 5.74) is 0.479. The highest BCUT2D eigenvalue weighted by Crippen LogP contribution is 2.02. The molecule has 0 unspecified atom stereocenters. The second kappa shape index (κ2) is 2.65. The van der Waals surface area contributed by atoms with E-state index in [0.717, 1.165) is 0 Å². The maximum Gasteiger partial charge on any atom is 0.178 e. The Bertz CT molecular complexity index is 238. The van der Waals surface area contributed by atoms with E-state index in [-0.39, 0.29) is 11.6 Å². The largest absolute Gasteiger partial charge is 0.291 e. The van der Waals surface area contributed by atoms with Crippen molar-refractivity contribution in [2.75, 3.05) is 0 Å². The molecular formula is C7H6BO2. The number of ketones is 2. The van der Waals surface area contributed by atoms with E-state index in [0.29, 0.717) is 5.47 Å². The first-order chi connectivity index (χ1) is 4.74. The minimum Gasteiger partial charge on any atom is -0.291 e. The minimum atomic E-state index is -0.118. The highest BCUT2D eigenvalue weighted by Gasteiger charge is 2.10. The van der Waals surface area contributed by atoms with E-state index in [1.54, 1.807) is 14.1 Å². The van der Waals surface area contributed by atoms with E-state index in [9.17, 15) is 9.59 Å². The number of hydrogen-bond donors (Lipinski definition) is 0. The molecule has 0 aromatic carbocycles. The Kier molecular flexibility index (Phi) is 1.85. The van der Waals surface area contributed by atoms with Crippen LogP contribution in [0.3, 0.4) is 0 Å². The highest BCUT2D eigenvalue weighted by atomic mass is 16.1. The molecule has 1 aliphatic carbocycles. The maximum absolute atomic E-state index is 10.8. The van der Waals surface area contributed by atoms with E-state index in [1.807, 2.05) is 0 Å². The lowest BCUT2D eigenvalue weighted by Crippen LogP contribution is -2.10. The Morgan fingerprint density at radius 2 is 2.00 bits per heavy atom. The zero-order chi connectivity index (χ0) is 7.56. The fraction of sp³-hybridized carbons (Fsp3) is 0.143. The van der Waals surface area contributed by atoms with Gasteiger partial charge in [0.25, 0.3) is 0 Å². The first-order valence-corrected chi connectivity index (χ1v) is 3.01. The van der Waals surface area contributed by atoms with Crippen LogP contribution in [0.1, 0.15) is 0 Å². The summed E-state index contributed by atoms with van der Waals surface area (Å²) in [6, 6.07) is 0. The summed E-state index contributed by atoms with van der Waals surface area (Å²) in [4.78, 5) is 21.5. The highest BCUT2D eigenvalue weighted by molar-refractivity contribution is 6.55. The molecule has 0 aromatic heterocycles. The predicted octanol–water partition coefficient (Wildman–Crippen LogP) is 0.331. The SMILES string of the molecule is C[B]C1=CC(=O)C=CC1=O. The minimum absolute atomic E-state index is 0.0953. The summed E-state index contributed by atoms with van der Waals surface area (Å²) in [7, 11) is 1.63. The Morgan fingerprint density at radius 1 is 1.30 bits per heavy atom. The van der Waals surface area contributed by atoms with Crippen LogP contribution in [0.2, 0.25) is 6.82 Å². The average Bonchev–Trinajstić information content (AvgIpc) is 1.94. The Morgan fingerprint density at radius 3 is 2.50 bits per heavy atom. The molecule has 0 fully saturated rings. The van der Waals surface area contributed by atoms with Crippen molar-refractivity contribution in [2.45, 2.75) is 6.82 Å². The van der Waals surface area contributed by atoms with Gasteiger partial charge in [0.1, 0.15) is 0 Å². The number of rotatable bonds is 1. The number of carbonyl (C=O) groups excluding carboxylic acids is 2. The van der Waals surface area contributed by atoms with Crippen molar-refractivity contribution < 1.29 is 9.59 Å². The van der Waals surface area contributed by atoms with Gasteiger partial charge in [-0.3, -0.25) is 9.59 Å². The molecule has 0 spiro atoms. The van der Waals surface area contributed by atoms with Gasteiger partial charge in [-0.1, -0.05) is 6.82 Å². The van der Waals surface area contributed by atoms with Crippen molar-refractivity contribution in [1.82, 2.24) is 0 Å². The van der Waals surface area contributed by atoms with Gasteiger partial charge in [-0.05, 0) is 23.7 Å². The van der Waals surface area contributed by atoms with Gasteiger partial charge >= 0.3 is 0 Å². The molecule has 0 heterocycles. The van der Waals surface area contributed by atoms with Crippen LogP contribution in [0, 0.1) is 0 Å². The van der Waals surface area contributed by atoms with Gasteiger partial charge in [-0.25, -0.2) is 0 Å². The summed E-state index contributed by atoms with van der Waals surface area (Å²) in [5, 5.41) is 0. The maximum atomic E-state index is 10.8. The summed E-state index contributed by atoms with van der Waals surface area (Å²) in [6.45, 7) is 1.73. The van der Waals surface area contributed by atoms with E-state index in [1.165, 1.54) is 18.2 Å². The fourth-order valence-electron chi connectivity index (χ4n) is 0.752.